The molecule has 3 heterocycles. The van der Waals surface area contributed by atoms with Crippen LogP contribution in [0.15, 0.2) is 48.5 Å². The molecule has 0 N–H and O–H groups in total. The van der Waals surface area contributed by atoms with Crippen molar-refractivity contribution in [1.29, 1.82) is 0 Å². The van der Waals surface area contributed by atoms with Gasteiger partial charge in [-0.15, -0.1) is 0 Å². The van der Waals surface area contributed by atoms with Crippen molar-refractivity contribution in [3.63, 3.8) is 0 Å². The van der Waals surface area contributed by atoms with Gasteiger partial charge < -0.3 is 14.0 Å². The van der Waals surface area contributed by atoms with Gasteiger partial charge in [-0.1, -0.05) is 19.1 Å². The zero-order valence-corrected chi connectivity index (χ0v) is 27.8. The molecule has 9 nitrogen and oxygen atoms in total. The van der Waals surface area contributed by atoms with E-state index in [1.807, 2.05) is 25.1 Å². The Balaban J connectivity index is 1.48. The number of ether oxygens (including phenoxy) is 2. The summed E-state index contributed by atoms with van der Waals surface area (Å²) in [5.41, 5.74) is 3.52. The molecule has 1 aliphatic rings. The first-order valence-electron chi connectivity index (χ1n) is 15.9. The smallest absolute Gasteiger partial charge is 0.355 e. The molecule has 5 aromatic rings. The van der Waals surface area contributed by atoms with E-state index in [0.29, 0.717) is 64.9 Å². The lowest BCUT2D eigenvalue weighted by molar-refractivity contribution is 0.0512. The molecule has 0 spiro atoms. The lowest BCUT2D eigenvalue weighted by atomic mass is 9.96. The second kappa shape index (κ2) is 13.1. The van der Waals surface area contributed by atoms with Crippen LogP contribution >= 0.6 is 0 Å². The number of halogens is 2. The van der Waals surface area contributed by atoms with Crippen LogP contribution in [0, 0.1) is 11.6 Å². The maximum Gasteiger partial charge on any atom is 0.355 e. The van der Waals surface area contributed by atoms with E-state index in [9.17, 15) is 17.6 Å². The van der Waals surface area contributed by atoms with E-state index < -0.39 is 21.8 Å². The van der Waals surface area contributed by atoms with Gasteiger partial charge in [0.25, 0.3) is 0 Å². The first-order chi connectivity index (χ1) is 22.6. The Bertz CT molecular complexity index is 2100. The number of carbonyl (C=O) groups excluding carboxylic acids is 1. The third-order valence-corrected chi connectivity index (χ3v) is 10.7. The number of aryl methyl sites for hydroxylation is 3. The molecule has 0 unspecified atom stereocenters. The van der Waals surface area contributed by atoms with Gasteiger partial charge >= 0.3 is 5.97 Å². The van der Waals surface area contributed by atoms with E-state index in [4.69, 9.17) is 9.47 Å². The van der Waals surface area contributed by atoms with Crippen molar-refractivity contribution in [1.82, 2.24) is 18.7 Å². The summed E-state index contributed by atoms with van der Waals surface area (Å²) in [5.74, 6) is -0.899. The van der Waals surface area contributed by atoms with Gasteiger partial charge in [-0.2, -0.15) is 9.40 Å². The van der Waals surface area contributed by atoms with Crippen LogP contribution in [0.5, 0.6) is 5.75 Å². The predicted octanol–water partition coefficient (Wildman–Crippen LogP) is 6.39. The highest BCUT2D eigenvalue weighted by Gasteiger charge is 2.32. The van der Waals surface area contributed by atoms with Crippen LogP contribution in [0.25, 0.3) is 32.8 Å². The Morgan fingerprint density at radius 3 is 2.57 bits per heavy atom. The topological polar surface area (TPSA) is 95.7 Å². The number of hydrogen-bond donors (Lipinski definition) is 0. The number of aromatic nitrogens is 3. The molecule has 248 valence electrons. The molecule has 6 rings (SSSR count). The van der Waals surface area contributed by atoms with Gasteiger partial charge in [0.15, 0.2) is 0 Å². The molecule has 0 saturated heterocycles. The molecular weight excluding hydrogens is 626 g/mol. The minimum Gasteiger partial charge on any atom is -0.493 e. The van der Waals surface area contributed by atoms with E-state index in [-0.39, 0.29) is 43.4 Å². The van der Waals surface area contributed by atoms with Gasteiger partial charge in [-0.25, -0.2) is 22.0 Å². The van der Waals surface area contributed by atoms with Gasteiger partial charge in [-0.05, 0) is 80.0 Å². The summed E-state index contributed by atoms with van der Waals surface area (Å²) in [5, 5.41) is 6.87. The number of rotatable bonds is 8. The van der Waals surface area contributed by atoms with E-state index >= 15 is 4.39 Å². The number of carbonyl (C=O) groups is 1. The van der Waals surface area contributed by atoms with E-state index in [1.54, 1.807) is 35.4 Å². The number of benzene rings is 3. The number of sulfonamides is 1. The fourth-order valence-electron chi connectivity index (χ4n) is 6.72. The van der Waals surface area contributed by atoms with Crippen molar-refractivity contribution in [3.05, 3.63) is 82.8 Å². The summed E-state index contributed by atoms with van der Waals surface area (Å²) in [6, 6.07) is 13.1. The van der Waals surface area contributed by atoms with E-state index in [2.05, 4.69) is 5.10 Å². The van der Waals surface area contributed by atoms with Gasteiger partial charge in [-0.3, -0.25) is 4.68 Å². The molecular formula is C35H38F2N4O5S. The Morgan fingerprint density at radius 2 is 1.81 bits per heavy atom. The monoisotopic (exact) mass is 664 g/mol. The average Bonchev–Trinajstić information content (AvgIpc) is 3.51. The molecule has 3 aromatic carbocycles. The minimum absolute atomic E-state index is 0.0161. The highest BCUT2D eigenvalue weighted by molar-refractivity contribution is 7.89. The van der Waals surface area contributed by atoms with Crippen LogP contribution in [0.1, 0.15) is 54.1 Å². The minimum atomic E-state index is -3.67. The van der Waals surface area contributed by atoms with Gasteiger partial charge in [0.05, 0.1) is 36.7 Å². The predicted molar refractivity (Wildman–Crippen MR) is 177 cm³/mol. The van der Waals surface area contributed by atoms with Crippen LogP contribution in [-0.4, -0.2) is 59.1 Å². The lowest BCUT2D eigenvalue weighted by Gasteiger charge is -2.16. The number of nitrogens with zero attached hydrogens (tertiary/aromatic N) is 4. The zero-order valence-electron chi connectivity index (χ0n) is 27.0. The quantitative estimate of drug-likeness (QED) is 0.141. The molecule has 0 saturated carbocycles. The fourth-order valence-corrected chi connectivity index (χ4v) is 7.84. The van der Waals surface area contributed by atoms with Crippen molar-refractivity contribution in [3.8, 4) is 16.9 Å². The summed E-state index contributed by atoms with van der Waals surface area (Å²) < 4.78 is 73.0. The lowest BCUT2D eigenvalue weighted by Crippen LogP contribution is -2.29. The molecule has 2 aromatic heterocycles. The first-order valence-corrected chi connectivity index (χ1v) is 17.5. The second-order valence-corrected chi connectivity index (χ2v) is 14.0. The molecule has 0 aliphatic carbocycles. The summed E-state index contributed by atoms with van der Waals surface area (Å²) in [7, 11) is -0.393. The fraction of sp³-hybridized carbons (Fsp3) is 0.371. The highest BCUT2D eigenvalue weighted by atomic mass is 32.2. The van der Waals surface area contributed by atoms with Gasteiger partial charge in [0, 0.05) is 48.2 Å². The third-order valence-electron chi connectivity index (χ3n) is 8.83. The molecule has 0 bridgehead atoms. The summed E-state index contributed by atoms with van der Waals surface area (Å²) in [6.07, 6.45) is 1.65. The molecule has 0 amide bonds. The number of hydrogen-bond acceptors (Lipinski definition) is 6. The molecule has 1 aliphatic heterocycles. The summed E-state index contributed by atoms with van der Waals surface area (Å²) in [6.45, 7) is 4.25. The van der Waals surface area contributed by atoms with Crippen molar-refractivity contribution in [2.75, 3.05) is 26.0 Å². The Kier molecular flexibility index (Phi) is 9.08. The van der Waals surface area contributed by atoms with E-state index in [0.717, 1.165) is 16.5 Å². The zero-order chi connectivity index (χ0) is 33.5. The molecule has 47 heavy (non-hydrogen) atoms. The number of fused-ring (bicyclic) bond motifs is 3. The van der Waals surface area contributed by atoms with Gasteiger partial charge in [0.1, 0.15) is 23.1 Å². The van der Waals surface area contributed by atoms with E-state index in [1.165, 1.54) is 29.6 Å². The van der Waals surface area contributed by atoms with Gasteiger partial charge in [0.2, 0.25) is 10.0 Å². The van der Waals surface area contributed by atoms with Crippen LogP contribution in [0.2, 0.25) is 0 Å². The molecule has 0 fully saturated rings. The maximum atomic E-state index is 16.2. The molecule has 0 atom stereocenters. The van der Waals surface area contributed by atoms with Crippen LogP contribution in [0.3, 0.4) is 0 Å². The van der Waals surface area contributed by atoms with Crippen molar-refractivity contribution >= 4 is 37.7 Å². The third kappa shape index (κ3) is 6.00. The normalized spacial score (nSPS) is 15.0. The highest BCUT2D eigenvalue weighted by Crippen LogP contribution is 2.41. The SMILES string of the molecule is CCOC(=O)c1c(CCCOc2cccc3cc(F)ccc23)c2ccc(F)c3c2n1CCCS(=O)(=O)N(C)Cc1nn(C)c(CC)c1-3. The maximum absolute atomic E-state index is 16.2. The van der Waals surface area contributed by atoms with Crippen molar-refractivity contribution < 1.29 is 31.5 Å². The summed E-state index contributed by atoms with van der Waals surface area (Å²) >= 11 is 0. The largest absolute Gasteiger partial charge is 0.493 e. The second-order valence-electron chi connectivity index (χ2n) is 11.8. The summed E-state index contributed by atoms with van der Waals surface area (Å²) in [4.78, 5) is 13.7. The first kappa shape index (κ1) is 32.6. The van der Waals surface area contributed by atoms with Crippen LogP contribution < -0.4 is 4.74 Å². The Hall–Kier alpha value is -4.29. The molecule has 0 radical (unpaired) electrons. The number of esters is 1. The van der Waals surface area contributed by atoms with Crippen LogP contribution in [0.4, 0.5) is 8.78 Å². The van der Waals surface area contributed by atoms with Crippen molar-refractivity contribution in [2.24, 2.45) is 7.05 Å². The van der Waals surface area contributed by atoms with Crippen molar-refractivity contribution in [2.45, 2.75) is 52.6 Å². The average molecular weight is 665 g/mol. The molecule has 12 heteroatoms. The Labute approximate surface area is 272 Å². The van der Waals surface area contributed by atoms with Crippen LogP contribution in [-0.2, 0) is 47.7 Å². The Morgan fingerprint density at radius 1 is 1.02 bits per heavy atom. The standard InChI is InChI=1S/C35H38F2N4O5S/c1-5-29-32-28(38-40(29)4)21-39(3)47(43,44)19-9-17-41-33-26(15-16-27(37)31(32)33)25(34(41)35(42)45-6-2)11-8-18-46-30-12-7-10-22-20-23(36)13-14-24(22)30/h7,10,12-16,20H,5-6,8-9,11,17-19,21H2,1-4H3.